The predicted octanol–water partition coefficient (Wildman–Crippen LogP) is 1.95. The predicted molar refractivity (Wildman–Crippen MR) is 73.1 cm³/mol. The maximum absolute atomic E-state index is 12.6. The Kier molecular flexibility index (Phi) is 3.01. The molecular weight excluding hydrogens is 240 g/mol. The molecule has 19 heavy (non-hydrogen) atoms. The number of anilines is 1. The lowest BCUT2D eigenvalue weighted by Crippen LogP contribution is -2.46. The van der Waals surface area contributed by atoms with Crippen LogP contribution in [0.3, 0.4) is 0 Å². The monoisotopic (exact) mass is 258 g/mol. The Hall–Kier alpha value is -1.84. The van der Waals surface area contributed by atoms with Gasteiger partial charge in [0.1, 0.15) is 6.04 Å². The first-order chi connectivity index (χ1) is 9.20. The molecule has 2 amide bonds. The molecule has 100 valence electrons. The van der Waals surface area contributed by atoms with Crippen LogP contribution in [0.25, 0.3) is 0 Å². The number of para-hydroxylation sites is 1. The maximum atomic E-state index is 12.6. The Bertz CT molecular complexity index is 523. The number of benzene rings is 1. The fraction of sp³-hybridized carbons (Fsp3) is 0.467. The van der Waals surface area contributed by atoms with Gasteiger partial charge in [0.15, 0.2) is 0 Å². The molecule has 2 aliphatic rings. The van der Waals surface area contributed by atoms with Crippen molar-refractivity contribution in [2.75, 3.05) is 11.4 Å². The van der Waals surface area contributed by atoms with Gasteiger partial charge < -0.3 is 10.2 Å². The molecule has 1 N–H and O–H groups in total. The molecule has 1 heterocycles. The maximum Gasteiger partial charge on any atom is 0.254 e. The second-order valence-corrected chi connectivity index (χ2v) is 5.34. The Morgan fingerprint density at radius 2 is 2.00 bits per heavy atom. The van der Waals surface area contributed by atoms with E-state index in [1.165, 1.54) is 12.8 Å². The van der Waals surface area contributed by atoms with Gasteiger partial charge in [-0.3, -0.25) is 9.59 Å². The van der Waals surface area contributed by atoms with Gasteiger partial charge in [0.25, 0.3) is 5.91 Å². The van der Waals surface area contributed by atoms with Crippen molar-refractivity contribution in [3.63, 3.8) is 0 Å². The van der Waals surface area contributed by atoms with Crippen molar-refractivity contribution in [1.29, 1.82) is 0 Å². The summed E-state index contributed by atoms with van der Waals surface area (Å²) in [6.45, 7) is 2.66. The second-order valence-electron chi connectivity index (χ2n) is 5.34. The first kappa shape index (κ1) is 12.2. The number of nitrogens with zero attached hydrogens (tertiary/aromatic N) is 1. The van der Waals surface area contributed by atoms with Gasteiger partial charge in [-0.05, 0) is 37.3 Å². The minimum Gasteiger partial charge on any atom is -0.340 e. The highest BCUT2D eigenvalue weighted by molar-refractivity contribution is 6.10. The molecule has 4 nitrogen and oxygen atoms in total. The van der Waals surface area contributed by atoms with Crippen molar-refractivity contribution in [1.82, 2.24) is 5.32 Å². The average molecular weight is 258 g/mol. The Morgan fingerprint density at radius 1 is 1.26 bits per heavy atom. The zero-order valence-corrected chi connectivity index (χ0v) is 11.1. The highest BCUT2D eigenvalue weighted by Gasteiger charge is 2.35. The van der Waals surface area contributed by atoms with Gasteiger partial charge in [-0.2, -0.15) is 0 Å². The summed E-state index contributed by atoms with van der Waals surface area (Å²) in [7, 11) is 0. The highest BCUT2D eigenvalue weighted by Crippen LogP contribution is 2.33. The van der Waals surface area contributed by atoms with Crippen LogP contribution in [0.1, 0.15) is 36.5 Å². The third-order valence-corrected chi connectivity index (χ3v) is 3.85. The van der Waals surface area contributed by atoms with Crippen LogP contribution in [0.5, 0.6) is 0 Å². The van der Waals surface area contributed by atoms with Crippen LogP contribution in [0.15, 0.2) is 24.3 Å². The average Bonchev–Trinajstić information content (AvgIpc) is 3.25. The number of nitrogens with one attached hydrogen (secondary N) is 1. The van der Waals surface area contributed by atoms with E-state index in [1.807, 2.05) is 25.1 Å². The van der Waals surface area contributed by atoms with Crippen molar-refractivity contribution in [2.45, 2.75) is 32.2 Å². The molecule has 1 atom stereocenters. The molecule has 1 aliphatic heterocycles. The summed E-state index contributed by atoms with van der Waals surface area (Å²) in [5.74, 6) is 0.476. The summed E-state index contributed by atoms with van der Waals surface area (Å²) < 4.78 is 0. The lowest BCUT2D eigenvalue weighted by molar-refractivity contribution is -0.120. The van der Waals surface area contributed by atoms with E-state index in [2.05, 4.69) is 5.32 Å². The number of fused-ring (bicyclic) bond motifs is 1. The van der Waals surface area contributed by atoms with Gasteiger partial charge in [-0.15, -0.1) is 0 Å². The molecule has 0 aromatic heterocycles. The number of carbonyl (C=O) groups excluding carboxylic acids is 2. The molecule has 1 saturated carbocycles. The smallest absolute Gasteiger partial charge is 0.254 e. The van der Waals surface area contributed by atoms with Gasteiger partial charge in [0.2, 0.25) is 5.91 Å². The minimum absolute atomic E-state index is 0.0210. The van der Waals surface area contributed by atoms with Gasteiger partial charge in [-0.25, -0.2) is 0 Å². The molecular formula is C15H18N2O2. The van der Waals surface area contributed by atoms with Gasteiger partial charge in [-0.1, -0.05) is 19.1 Å². The van der Waals surface area contributed by atoms with Crippen LogP contribution in [0.4, 0.5) is 5.69 Å². The van der Waals surface area contributed by atoms with Gasteiger partial charge >= 0.3 is 0 Å². The summed E-state index contributed by atoms with van der Waals surface area (Å²) in [5.41, 5.74) is 1.36. The zero-order chi connectivity index (χ0) is 13.4. The van der Waals surface area contributed by atoms with E-state index in [1.54, 1.807) is 11.0 Å². The molecule has 1 unspecified atom stereocenters. The highest BCUT2D eigenvalue weighted by atomic mass is 16.2. The SMILES string of the molecule is CCC1NC(=O)c2ccccc2N(CC2CC2)C1=O. The fourth-order valence-corrected chi connectivity index (χ4v) is 2.53. The molecule has 3 rings (SSSR count). The summed E-state index contributed by atoms with van der Waals surface area (Å²) in [6.07, 6.45) is 2.99. The van der Waals surface area contributed by atoms with E-state index in [9.17, 15) is 9.59 Å². The Balaban J connectivity index is 2.03. The van der Waals surface area contributed by atoms with E-state index in [-0.39, 0.29) is 11.8 Å². The molecule has 1 aromatic rings. The molecule has 0 saturated heterocycles. The second kappa shape index (κ2) is 4.68. The molecule has 0 radical (unpaired) electrons. The molecule has 0 bridgehead atoms. The molecule has 1 aliphatic carbocycles. The largest absolute Gasteiger partial charge is 0.340 e. The van der Waals surface area contributed by atoms with Gasteiger partial charge in [0.05, 0.1) is 11.3 Å². The molecule has 1 fully saturated rings. The Labute approximate surface area is 112 Å². The lowest BCUT2D eigenvalue weighted by atomic mass is 10.1. The molecule has 0 spiro atoms. The number of carbonyl (C=O) groups is 2. The summed E-state index contributed by atoms with van der Waals surface area (Å²) in [6, 6.07) is 6.97. The summed E-state index contributed by atoms with van der Waals surface area (Å²) in [4.78, 5) is 26.5. The number of amides is 2. The molecule has 4 heteroatoms. The normalized spacial score (nSPS) is 22.8. The molecule has 1 aromatic carbocycles. The Morgan fingerprint density at radius 3 is 2.68 bits per heavy atom. The third-order valence-electron chi connectivity index (χ3n) is 3.85. The van der Waals surface area contributed by atoms with Gasteiger partial charge in [0, 0.05) is 6.54 Å². The van der Waals surface area contributed by atoms with Crippen LogP contribution in [0.2, 0.25) is 0 Å². The van der Waals surface area contributed by atoms with Crippen LogP contribution in [0, 0.1) is 5.92 Å². The topological polar surface area (TPSA) is 49.4 Å². The van der Waals surface area contributed by atoms with Crippen LogP contribution >= 0.6 is 0 Å². The van der Waals surface area contributed by atoms with Crippen LogP contribution in [-0.4, -0.2) is 24.4 Å². The van der Waals surface area contributed by atoms with Crippen molar-refractivity contribution in [3.8, 4) is 0 Å². The number of rotatable bonds is 3. The fourth-order valence-electron chi connectivity index (χ4n) is 2.53. The third kappa shape index (κ3) is 2.23. The van der Waals surface area contributed by atoms with Crippen molar-refractivity contribution >= 4 is 17.5 Å². The van der Waals surface area contributed by atoms with E-state index in [0.29, 0.717) is 17.9 Å². The lowest BCUT2D eigenvalue weighted by Gasteiger charge is -2.24. The summed E-state index contributed by atoms with van der Waals surface area (Å²) in [5, 5.41) is 2.83. The standard InChI is InChI=1S/C15H18N2O2/c1-2-12-15(19)17(9-10-7-8-10)13-6-4-3-5-11(13)14(18)16-12/h3-6,10,12H,2,7-9H2,1H3,(H,16,18). The minimum atomic E-state index is -0.404. The number of hydrogen-bond acceptors (Lipinski definition) is 2. The zero-order valence-electron chi connectivity index (χ0n) is 11.1. The van der Waals surface area contributed by atoms with E-state index in [0.717, 1.165) is 12.2 Å². The summed E-state index contributed by atoms with van der Waals surface area (Å²) >= 11 is 0. The van der Waals surface area contributed by atoms with Crippen LogP contribution < -0.4 is 10.2 Å². The first-order valence-electron chi connectivity index (χ1n) is 6.92. The van der Waals surface area contributed by atoms with E-state index >= 15 is 0 Å². The van der Waals surface area contributed by atoms with Crippen molar-refractivity contribution < 1.29 is 9.59 Å². The van der Waals surface area contributed by atoms with E-state index in [4.69, 9.17) is 0 Å². The van der Waals surface area contributed by atoms with Crippen LogP contribution in [-0.2, 0) is 4.79 Å². The number of hydrogen-bond donors (Lipinski definition) is 1. The quantitative estimate of drug-likeness (QED) is 0.901. The van der Waals surface area contributed by atoms with Crippen molar-refractivity contribution in [3.05, 3.63) is 29.8 Å². The van der Waals surface area contributed by atoms with E-state index < -0.39 is 6.04 Å². The van der Waals surface area contributed by atoms with Crippen molar-refractivity contribution in [2.24, 2.45) is 5.92 Å². The first-order valence-corrected chi connectivity index (χ1v) is 6.92.